The van der Waals surface area contributed by atoms with Crippen LogP contribution in [-0.2, 0) is 14.4 Å². The van der Waals surface area contributed by atoms with E-state index in [9.17, 15) is 19.5 Å². The molecule has 1 N–H and O–H groups in total. The Labute approximate surface area is 241 Å². The summed E-state index contributed by atoms with van der Waals surface area (Å²) in [6.45, 7) is 9.77. The normalized spacial score (nSPS) is 30.4. The number of carbonyl (C=O) groups is 3. The molecule has 0 radical (unpaired) electrons. The molecule has 0 bridgehead atoms. The Morgan fingerprint density at radius 3 is 2.45 bits per heavy atom. The number of carbonyl (C=O) groups excluding carboxylic acids is 3. The van der Waals surface area contributed by atoms with Crippen LogP contribution in [-0.4, -0.2) is 87.6 Å². The summed E-state index contributed by atoms with van der Waals surface area (Å²) >= 11 is 1.58. The van der Waals surface area contributed by atoms with Gasteiger partial charge in [-0.05, 0) is 43.5 Å². The number of thioether (sulfide) groups is 1. The number of likely N-dealkylation sites (tertiary alicyclic amines) is 1. The van der Waals surface area contributed by atoms with Crippen LogP contribution in [0, 0.1) is 17.8 Å². The zero-order valence-corrected chi connectivity index (χ0v) is 24.7. The molecule has 4 heterocycles. The number of hydrogen-bond acceptors (Lipinski definition) is 6. The van der Waals surface area contributed by atoms with Crippen molar-refractivity contribution >= 4 is 35.2 Å². The van der Waals surface area contributed by atoms with Crippen molar-refractivity contribution in [2.45, 2.75) is 62.6 Å². The molecule has 1 unspecified atom stereocenters. The molecule has 9 heteroatoms. The van der Waals surface area contributed by atoms with Crippen LogP contribution in [0.2, 0.25) is 0 Å². The highest BCUT2D eigenvalue weighted by molar-refractivity contribution is 8.02. The Bertz CT molecular complexity index is 1180. The highest BCUT2D eigenvalue weighted by atomic mass is 32.2. The van der Waals surface area contributed by atoms with Gasteiger partial charge in [-0.1, -0.05) is 51.5 Å². The second-order valence-electron chi connectivity index (χ2n) is 11.4. The summed E-state index contributed by atoms with van der Waals surface area (Å²) in [4.78, 5) is 48.3. The number of rotatable bonds is 9. The Balaban J connectivity index is 1.57. The zero-order valence-electron chi connectivity index (χ0n) is 23.9. The molecule has 0 aliphatic carbocycles. The van der Waals surface area contributed by atoms with Gasteiger partial charge in [-0.15, -0.1) is 11.8 Å². The lowest BCUT2D eigenvalue weighted by atomic mass is 9.78. The minimum Gasteiger partial charge on any atom is -0.494 e. The third-order valence-corrected chi connectivity index (χ3v) is 10.5. The lowest BCUT2D eigenvalue weighted by Crippen LogP contribution is -2.57. The number of nitrogens with zero attached hydrogens (tertiary/aromatic N) is 3. The number of amides is 3. The Morgan fingerprint density at radius 1 is 1.05 bits per heavy atom. The van der Waals surface area contributed by atoms with Crippen molar-refractivity contribution < 1.29 is 24.2 Å². The molecule has 6 atom stereocenters. The van der Waals surface area contributed by atoms with Crippen molar-refractivity contribution in [3.8, 4) is 5.75 Å². The van der Waals surface area contributed by atoms with Crippen LogP contribution in [0.25, 0.3) is 0 Å². The third-order valence-electron chi connectivity index (χ3n) is 8.73. The largest absolute Gasteiger partial charge is 0.494 e. The molecule has 0 saturated carbocycles. The third kappa shape index (κ3) is 4.65. The van der Waals surface area contributed by atoms with Gasteiger partial charge in [0.15, 0.2) is 0 Å². The number of unbranched alkanes of at least 4 members (excludes halogenated alkanes) is 1. The van der Waals surface area contributed by atoms with Gasteiger partial charge in [0.05, 0.1) is 35.8 Å². The highest BCUT2D eigenvalue weighted by Crippen LogP contribution is 2.61. The second-order valence-corrected chi connectivity index (χ2v) is 12.9. The SMILES string of the molecule is CCCCN1CC=C[C@]23S[C@@H]4C=CCN(c5ccc(OCC)cc5)C(=O)[C@@H]4[C@H]2C(=O)N([C@@H](CO)C(C)C)C3C1=O. The van der Waals surface area contributed by atoms with Crippen LogP contribution in [0.3, 0.4) is 0 Å². The molecular formula is C31H41N3O5S. The number of anilines is 1. The first-order valence-corrected chi connectivity index (χ1v) is 15.4. The van der Waals surface area contributed by atoms with Gasteiger partial charge in [0, 0.05) is 30.6 Å². The van der Waals surface area contributed by atoms with Crippen LogP contribution < -0.4 is 9.64 Å². The molecule has 1 spiro atoms. The number of fused-ring (bicyclic) bond motifs is 2. The van der Waals surface area contributed by atoms with Crippen LogP contribution in [0.4, 0.5) is 5.69 Å². The van der Waals surface area contributed by atoms with Gasteiger partial charge in [-0.3, -0.25) is 14.4 Å². The average Bonchev–Trinajstić information content (AvgIpc) is 3.25. The Kier molecular flexibility index (Phi) is 8.34. The van der Waals surface area contributed by atoms with Crippen LogP contribution in [0.15, 0.2) is 48.6 Å². The molecule has 4 aliphatic rings. The van der Waals surface area contributed by atoms with Crippen LogP contribution in [0.5, 0.6) is 5.75 Å². The van der Waals surface area contributed by atoms with E-state index in [1.807, 2.05) is 74.2 Å². The summed E-state index contributed by atoms with van der Waals surface area (Å²) < 4.78 is 4.70. The molecule has 216 valence electrons. The van der Waals surface area contributed by atoms with E-state index in [1.165, 1.54) is 0 Å². The zero-order chi connectivity index (χ0) is 28.6. The maximum absolute atomic E-state index is 14.5. The number of aliphatic hydroxyl groups excluding tert-OH is 1. The van der Waals surface area contributed by atoms with E-state index in [2.05, 4.69) is 6.92 Å². The monoisotopic (exact) mass is 567 g/mol. The second kappa shape index (κ2) is 11.6. The van der Waals surface area contributed by atoms with E-state index >= 15 is 0 Å². The van der Waals surface area contributed by atoms with Crippen molar-refractivity contribution in [2.75, 3.05) is 37.7 Å². The van der Waals surface area contributed by atoms with Gasteiger partial charge in [0.25, 0.3) is 0 Å². The van der Waals surface area contributed by atoms with Crippen molar-refractivity contribution in [1.82, 2.24) is 9.80 Å². The van der Waals surface area contributed by atoms with Gasteiger partial charge in [0.1, 0.15) is 11.8 Å². The molecule has 40 heavy (non-hydrogen) atoms. The van der Waals surface area contributed by atoms with Gasteiger partial charge >= 0.3 is 0 Å². The molecule has 1 aromatic rings. The molecule has 1 aromatic carbocycles. The number of benzene rings is 1. The lowest BCUT2D eigenvalue weighted by molar-refractivity contribution is -0.146. The number of hydrogen-bond donors (Lipinski definition) is 1. The standard InChI is InChI=1S/C31H41N3O5S/c1-5-7-16-32-17-9-15-31-26(29(37)34(27(31)30(32)38)23(19-35)20(3)4)25-24(40-31)10-8-18-33(28(25)36)21-11-13-22(14-12-21)39-6-2/h8-15,20,23-27,35H,5-7,16-19H2,1-4H3/t23-,24+,25-,26-,27?,31-/m0/s1. The summed E-state index contributed by atoms with van der Waals surface area (Å²) in [5, 5.41) is 10.2. The molecule has 8 nitrogen and oxygen atoms in total. The van der Waals surface area contributed by atoms with Crippen molar-refractivity contribution in [1.29, 1.82) is 0 Å². The number of aliphatic hydroxyl groups is 1. The smallest absolute Gasteiger partial charge is 0.247 e. The summed E-state index contributed by atoms with van der Waals surface area (Å²) in [5.74, 6) is -1.05. The van der Waals surface area contributed by atoms with E-state index < -0.39 is 28.7 Å². The molecule has 3 amide bonds. The van der Waals surface area contributed by atoms with Crippen molar-refractivity contribution in [3.05, 3.63) is 48.6 Å². The fraction of sp³-hybridized carbons (Fsp3) is 0.581. The van der Waals surface area contributed by atoms with Crippen LogP contribution in [0.1, 0.15) is 40.5 Å². The average molecular weight is 568 g/mol. The molecule has 2 fully saturated rings. The molecule has 2 saturated heterocycles. The first-order valence-electron chi connectivity index (χ1n) is 14.6. The number of ether oxygens (including phenoxy) is 1. The molecule has 0 aromatic heterocycles. The quantitative estimate of drug-likeness (QED) is 0.460. The van der Waals surface area contributed by atoms with E-state index in [4.69, 9.17) is 4.74 Å². The van der Waals surface area contributed by atoms with E-state index in [1.54, 1.807) is 21.6 Å². The predicted molar refractivity (Wildman–Crippen MR) is 157 cm³/mol. The summed E-state index contributed by atoms with van der Waals surface area (Å²) in [7, 11) is 0. The Hall–Kier alpha value is -2.78. The summed E-state index contributed by atoms with van der Waals surface area (Å²) in [5.41, 5.74) is 0.747. The minimum absolute atomic E-state index is 0.0557. The Morgan fingerprint density at radius 2 is 1.80 bits per heavy atom. The summed E-state index contributed by atoms with van der Waals surface area (Å²) in [6, 6.07) is 6.18. The van der Waals surface area contributed by atoms with Gasteiger partial charge in [-0.25, -0.2) is 0 Å². The van der Waals surface area contributed by atoms with Gasteiger partial charge in [0.2, 0.25) is 17.7 Å². The molecule has 5 rings (SSSR count). The first kappa shape index (κ1) is 28.7. The highest BCUT2D eigenvalue weighted by Gasteiger charge is 2.71. The lowest BCUT2D eigenvalue weighted by Gasteiger charge is -2.39. The van der Waals surface area contributed by atoms with E-state index in [-0.39, 0.29) is 35.5 Å². The van der Waals surface area contributed by atoms with E-state index in [0.29, 0.717) is 26.2 Å². The van der Waals surface area contributed by atoms with Gasteiger partial charge < -0.3 is 24.5 Å². The minimum atomic E-state index is -0.880. The van der Waals surface area contributed by atoms with Crippen molar-refractivity contribution in [2.24, 2.45) is 17.8 Å². The maximum atomic E-state index is 14.5. The first-order chi connectivity index (χ1) is 19.3. The summed E-state index contributed by atoms with van der Waals surface area (Å²) in [6.07, 6.45) is 9.94. The predicted octanol–water partition coefficient (Wildman–Crippen LogP) is 3.50. The molecular weight excluding hydrogens is 526 g/mol. The van der Waals surface area contributed by atoms with Crippen LogP contribution >= 0.6 is 11.8 Å². The maximum Gasteiger partial charge on any atom is 0.247 e. The molecule has 4 aliphatic heterocycles. The fourth-order valence-electron chi connectivity index (χ4n) is 6.77. The van der Waals surface area contributed by atoms with Gasteiger partial charge in [-0.2, -0.15) is 0 Å². The fourth-order valence-corrected chi connectivity index (χ4v) is 8.76. The topological polar surface area (TPSA) is 90.4 Å². The van der Waals surface area contributed by atoms with Crippen molar-refractivity contribution in [3.63, 3.8) is 0 Å². The van der Waals surface area contributed by atoms with E-state index in [0.717, 1.165) is 24.3 Å².